The summed E-state index contributed by atoms with van der Waals surface area (Å²) >= 11 is 1.53. The summed E-state index contributed by atoms with van der Waals surface area (Å²) in [5.41, 5.74) is 7.51. The minimum atomic E-state index is -0.0153. The normalized spacial score (nSPS) is 18.1. The number of anilines is 1. The van der Waals surface area contributed by atoms with Crippen LogP contribution in [0.2, 0.25) is 0 Å². The number of nitrogen functional groups attached to an aromatic ring is 1. The Morgan fingerprint density at radius 3 is 3.21 bits per heavy atom. The SMILES string of the molecule is Cn1cccc1C(=O)NC1CCc2nc(N)sc2C1. The number of thiazole rings is 1. The molecule has 0 saturated carbocycles. The van der Waals surface area contributed by atoms with Crippen LogP contribution in [0.15, 0.2) is 18.3 Å². The molecule has 1 unspecified atom stereocenters. The fourth-order valence-electron chi connectivity index (χ4n) is 2.47. The van der Waals surface area contributed by atoms with Crippen LogP contribution in [0.3, 0.4) is 0 Å². The number of carbonyl (C=O) groups excluding carboxylic acids is 1. The number of nitrogens with two attached hydrogens (primary N) is 1. The van der Waals surface area contributed by atoms with E-state index in [9.17, 15) is 4.79 Å². The topological polar surface area (TPSA) is 72.9 Å². The number of amides is 1. The minimum Gasteiger partial charge on any atom is -0.375 e. The second kappa shape index (κ2) is 4.70. The molecule has 3 rings (SSSR count). The predicted octanol–water partition coefficient (Wildman–Crippen LogP) is 1.35. The minimum absolute atomic E-state index is 0.0153. The highest BCUT2D eigenvalue weighted by atomic mass is 32.1. The molecular formula is C13H16N4OS. The van der Waals surface area contributed by atoms with Crippen LogP contribution in [0.25, 0.3) is 0 Å². The Hall–Kier alpha value is -1.82. The number of carbonyl (C=O) groups is 1. The van der Waals surface area contributed by atoms with E-state index in [1.165, 1.54) is 16.2 Å². The average Bonchev–Trinajstić information content (AvgIpc) is 2.93. The number of nitrogens with one attached hydrogen (secondary N) is 1. The Balaban J connectivity index is 1.69. The lowest BCUT2D eigenvalue weighted by molar-refractivity contribution is 0.0925. The van der Waals surface area contributed by atoms with Gasteiger partial charge in [-0.25, -0.2) is 4.98 Å². The number of rotatable bonds is 2. The molecule has 0 radical (unpaired) electrons. The van der Waals surface area contributed by atoms with E-state index in [-0.39, 0.29) is 11.9 Å². The fraction of sp³-hybridized carbons (Fsp3) is 0.385. The summed E-state index contributed by atoms with van der Waals surface area (Å²) in [4.78, 5) is 17.7. The summed E-state index contributed by atoms with van der Waals surface area (Å²) in [5.74, 6) is -0.0153. The van der Waals surface area contributed by atoms with Crippen molar-refractivity contribution in [3.8, 4) is 0 Å². The van der Waals surface area contributed by atoms with Crippen LogP contribution in [0, 0.1) is 0 Å². The van der Waals surface area contributed by atoms with Crippen molar-refractivity contribution in [3.63, 3.8) is 0 Å². The van der Waals surface area contributed by atoms with Crippen LogP contribution in [-0.2, 0) is 19.9 Å². The van der Waals surface area contributed by atoms with Crippen molar-refractivity contribution >= 4 is 22.4 Å². The molecule has 1 amide bonds. The predicted molar refractivity (Wildman–Crippen MR) is 75.2 cm³/mol. The Kier molecular flexibility index (Phi) is 3.02. The van der Waals surface area contributed by atoms with E-state index < -0.39 is 0 Å². The fourth-order valence-corrected chi connectivity index (χ4v) is 3.43. The summed E-state index contributed by atoms with van der Waals surface area (Å²) < 4.78 is 1.83. The number of fused-ring (bicyclic) bond motifs is 1. The van der Waals surface area contributed by atoms with E-state index in [1.807, 2.05) is 29.9 Å². The van der Waals surface area contributed by atoms with Crippen molar-refractivity contribution in [1.82, 2.24) is 14.9 Å². The number of aromatic nitrogens is 2. The molecule has 2 aromatic heterocycles. The third-order valence-electron chi connectivity index (χ3n) is 3.47. The molecule has 2 heterocycles. The van der Waals surface area contributed by atoms with Crippen LogP contribution >= 0.6 is 11.3 Å². The van der Waals surface area contributed by atoms with Gasteiger partial charge in [0.25, 0.3) is 5.91 Å². The smallest absolute Gasteiger partial charge is 0.268 e. The van der Waals surface area contributed by atoms with Gasteiger partial charge >= 0.3 is 0 Å². The molecule has 1 aliphatic carbocycles. The Morgan fingerprint density at radius 1 is 1.63 bits per heavy atom. The number of aryl methyl sites for hydroxylation is 2. The van der Waals surface area contributed by atoms with Crippen LogP contribution in [0.5, 0.6) is 0 Å². The summed E-state index contributed by atoms with van der Waals surface area (Å²) in [7, 11) is 1.87. The second-order valence-corrected chi connectivity index (χ2v) is 5.95. The summed E-state index contributed by atoms with van der Waals surface area (Å²) in [6.45, 7) is 0. The third-order valence-corrected chi connectivity index (χ3v) is 4.42. The zero-order chi connectivity index (χ0) is 13.4. The van der Waals surface area contributed by atoms with Crippen LogP contribution < -0.4 is 11.1 Å². The van der Waals surface area contributed by atoms with Crippen LogP contribution in [0.4, 0.5) is 5.13 Å². The maximum Gasteiger partial charge on any atom is 0.268 e. The van der Waals surface area contributed by atoms with Gasteiger partial charge in [0, 0.05) is 30.6 Å². The van der Waals surface area contributed by atoms with Crippen molar-refractivity contribution in [2.75, 3.05) is 5.73 Å². The van der Waals surface area contributed by atoms with Gasteiger partial charge in [0.1, 0.15) is 5.69 Å². The number of nitrogens with zero attached hydrogens (tertiary/aromatic N) is 2. The maximum absolute atomic E-state index is 12.1. The molecular weight excluding hydrogens is 260 g/mol. The number of hydrogen-bond acceptors (Lipinski definition) is 4. The molecule has 100 valence electrons. The van der Waals surface area contributed by atoms with Gasteiger partial charge in [0.2, 0.25) is 0 Å². The molecule has 1 atom stereocenters. The van der Waals surface area contributed by atoms with Crippen molar-refractivity contribution in [3.05, 3.63) is 34.6 Å². The van der Waals surface area contributed by atoms with Crippen LogP contribution in [-0.4, -0.2) is 21.5 Å². The first-order chi connectivity index (χ1) is 9.13. The van der Waals surface area contributed by atoms with E-state index in [1.54, 1.807) is 0 Å². The Morgan fingerprint density at radius 2 is 2.47 bits per heavy atom. The molecule has 0 aliphatic heterocycles. The highest BCUT2D eigenvalue weighted by molar-refractivity contribution is 7.15. The van der Waals surface area contributed by atoms with E-state index in [2.05, 4.69) is 10.3 Å². The zero-order valence-electron chi connectivity index (χ0n) is 10.7. The largest absolute Gasteiger partial charge is 0.375 e. The molecule has 19 heavy (non-hydrogen) atoms. The molecule has 0 saturated heterocycles. The summed E-state index contributed by atoms with van der Waals surface area (Å²) in [5, 5.41) is 3.71. The molecule has 0 aromatic carbocycles. The highest BCUT2D eigenvalue weighted by Crippen LogP contribution is 2.28. The summed E-state index contributed by atoms with van der Waals surface area (Å²) in [6, 6.07) is 3.88. The van der Waals surface area contributed by atoms with Crippen molar-refractivity contribution in [2.45, 2.75) is 25.3 Å². The van der Waals surface area contributed by atoms with Crippen molar-refractivity contribution < 1.29 is 4.79 Å². The molecule has 6 heteroatoms. The molecule has 2 aromatic rings. The van der Waals surface area contributed by atoms with Gasteiger partial charge in [0.15, 0.2) is 5.13 Å². The Bertz CT molecular complexity index is 616. The van der Waals surface area contributed by atoms with Gasteiger partial charge in [-0.05, 0) is 25.0 Å². The lowest BCUT2D eigenvalue weighted by atomic mass is 9.97. The van der Waals surface area contributed by atoms with Gasteiger partial charge in [-0.2, -0.15) is 0 Å². The van der Waals surface area contributed by atoms with E-state index in [4.69, 9.17) is 5.73 Å². The molecule has 3 N–H and O–H groups in total. The quantitative estimate of drug-likeness (QED) is 0.869. The molecule has 0 spiro atoms. The van der Waals surface area contributed by atoms with Gasteiger partial charge in [-0.15, -0.1) is 11.3 Å². The van der Waals surface area contributed by atoms with Crippen molar-refractivity contribution in [1.29, 1.82) is 0 Å². The van der Waals surface area contributed by atoms with Gasteiger partial charge in [0.05, 0.1) is 5.69 Å². The van der Waals surface area contributed by atoms with Crippen LogP contribution in [0.1, 0.15) is 27.5 Å². The van der Waals surface area contributed by atoms with Gasteiger partial charge in [-0.3, -0.25) is 4.79 Å². The van der Waals surface area contributed by atoms with E-state index in [0.29, 0.717) is 10.8 Å². The first-order valence-electron chi connectivity index (χ1n) is 6.29. The third kappa shape index (κ3) is 2.35. The van der Waals surface area contributed by atoms with Gasteiger partial charge in [-0.1, -0.05) is 0 Å². The molecule has 5 nitrogen and oxygen atoms in total. The second-order valence-electron chi connectivity index (χ2n) is 4.84. The molecule has 0 fully saturated rings. The lowest BCUT2D eigenvalue weighted by Gasteiger charge is -2.22. The van der Waals surface area contributed by atoms with E-state index in [0.717, 1.165) is 25.0 Å². The maximum atomic E-state index is 12.1. The molecule has 0 bridgehead atoms. The zero-order valence-corrected chi connectivity index (χ0v) is 11.5. The van der Waals surface area contributed by atoms with Crippen molar-refractivity contribution in [2.24, 2.45) is 7.05 Å². The van der Waals surface area contributed by atoms with E-state index >= 15 is 0 Å². The monoisotopic (exact) mass is 276 g/mol. The highest BCUT2D eigenvalue weighted by Gasteiger charge is 2.24. The molecule has 1 aliphatic rings. The average molecular weight is 276 g/mol. The lowest BCUT2D eigenvalue weighted by Crippen LogP contribution is -2.39. The first-order valence-corrected chi connectivity index (χ1v) is 7.11. The first kappa shape index (κ1) is 12.2. The van der Waals surface area contributed by atoms with Gasteiger partial charge < -0.3 is 15.6 Å². The summed E-state index contributed by atoms with van der Waals surface area (Å²) in [6.07, 6.45) is 4.52. The number of hydrogen-bond donors (Lipinski definition) is 2. The Labute approximate surface area is 115 Å². The standard InChI is InChI=1S/C13H16N4OS/c1-17-6-2-3-10(17)12(18)15-8-4-5-9-11(7-8)19-13(14)16-9/h2-3,6,8H,4-5,7H2,1H3,(H2,14,16)(H,15,18).